The second kappa shape index (κ2) is 2.94. The Morgan fingerprint density at radius 3 is 3.08 bits per heavy atom. The van der Waals surface area contributed by atoms with Crippen molar-refractivity contribution in [2.45, 2.75) is 12.8 Å². The Morgan fingerprint density at radius 1 is 1.42 bits per heavy atom. The highest BCUT2D eigenvalue weighted by Gasteiger charge is 2.16. The Hall–Kier alpha value is -0.760. The van der Waals surface area contributed by atoms with Crippen molar-refractivity contribution in [1.82, 2.24) is 0 Å². The van der Waals surface area contributed by atoms with Gasteiger partial charge in [-0.1, -0.05) is 11.6 Å². The van der Waals surface area contributed by atoms with Crippen LogP contribution in [0, 0.1) is 5.82 Å². The summed E-state index contributed by atoms with van der Waals surface area (Å²) in [6.07, 6.45) is 1.59. The van der Waals surface area contributed by atoms with Crippen molar-refractivity contribution in [3.8, 4) is 5.75 Å². The smallest absolute Gasteiger partial charge is 0.148 e. The molecule has 1 nitrogen and oxygen atoms in total. The first-order valence-corrected chi connectivity index (χ1v) is 4.26. The molecule has 0 atom stereocenters. The minimum Gasteiger partial charge on any atom is -0.493 e. The van der Waals surface area contributed by atoms with Gasteiger partial charge in [-0.2, -0.15) is 0 Å². The fourth-order valence-electron chi connectivity index (χ4n) is 1.37. The van der Waals surface area contributed by atoms with Crippen LogP contribution in [0.2, 0.25) is 5.02 Å². The third kappa shape index (κ3) is 1.16. The summed E-state index contributed by atoms with van der Waals surface area (Å²) in [5, 5.41) is 0.180. The average Bonchev–Trinajstić information content (AvgIpc) is 2.12. The molecule has 1 aliphatic heterocycles. The predicted octanol–water partition coefficient (Wildman–Crippen LogP) is 2.80. The molecule has 0 radical (unpaired) electrons. The van der Waals surface area contributed by atoms with E-state index in [1.165, 1.54) is 6.07 Å². The molecule has 1 aromatic rings. The Bertz CT molecular complexity index is 312. The summed E-state index contributed by atoms with van der Waals surface area (Å²) in [5.74, 6) is 0.317. The van der Waals surface area contributed by atoms with Crippen molar-refractivity contribution in [2.24, 2.45) is 0 Å². The Morgan fingerprint density at radius 2 is 2.25 bits per heavy atom. The van der Waals surface area contributed by atoms with Gasteiger partial charge in [-0.05, 0) is 25.0 Å². The van der Waals surface area contributed by atoms with Crippen LogP contribution in [0.4, 0.5) is 4.39 Å². The molecule has 1 aromatic carbocycles. The van der Waals surface area contributed by atoms with Crippen LogP contribution in [-0.4, -0.2) is 6.61 Å². The lowest BCUT2D eigenvalue weighted by atomic mass is 10.1. The van der Waals surface area contributed by atoms with Gasteiger partial charge in [0.25, 0.3) is 0 Å². The second-order valence-corrected chi connectivity index (χ2v) is 3.20. The summed E-state index contributed by atoms with van der Waals surface area (Å²) in [5.41, 5.74) is 0.619. The van der Waals surface area contributed by atoms with E-state index in [0.717, 1.165) is 12.8 Å². The molecular weight excluding hydrogens is 179 g/mol. The highest BCUT2D eigenvalue weighted by atomic mass is 35.5. The van der Waals surface area contributed by atoms with Gasteiger partial charge in [0.05, 0.1) is 11.6 Å². The standard InChI is InChI=1S/C9H8ClFO/c10-7-3-4-8-6(9(7)11)2-1-5-12-8/h3-4H,1-2,5H2. The van der Waals surface area contributed by atoms with Crippen LogP contribution < -0.4 is 4.74 Å². The minimum atomic E-state index is -0.325. The molecule has 3 heteroatoms. The summed E-state index contributed by atoms with van der Waals surface area (Å²) in [6.45, 7) is 0.675. The van der Waals surface area contributed by atoms with E-state index in [0.29, 0.717) is 17.9 Å². The Balaban J connectivity index is 2.54. The number of hydrogen-bond acceptors (Lipinski definition) is 1. The van der Waals surface area contributed by atoms with Crippen molar-refractivity contribution >= 4 is 11.6 Å². The van der Waals surface area contributed by atoms with E-state index in [2.05, 4.69) is 0 Å². The molecule has 0 unspecified atom stereocenters. The van der Waals surface area contributed by atoms with Crippen LogP contribution in [0.5, 0.6) is 5.75 Å². The van der Waals surface area contributed by atoms with Crippen LogP contribution in [-0.2, 0) is 6.42 Å². The largest absolute Gasteiger partial charge is 0.493 e. The van der Waals surface area contributed by atoms with Crippen molar-refractivity contribution in [1.29, 1.82) is 0 Å². The normalized spacial score (nSPS) is 15.2. The first-order valence-electron chi connectivity index (χ1n) is 3.89. The molecule has 2 rings (SSSR count). The molecule has 0 spiro atoms. The van der Waals surface area contributed by atoms with Crippen molar-refractivity contribution in [3.63, 3.8) is 0 Å². The molecule has 0 amide bonds. The molecule has 0 N–H and O–H groups in total. The van der Waals surface area contributed by atoms with Crippen LogP contribution in [0.15, 0.2) is 12.1 Å². The average molecular weight is 187 g/mol. The number of benzene rings is 1. The summed E-state index contributed by atoms with van der Waals surface area (Å²) < 4.78 is 18.5. The Kier molecular flexibility index (Phi) is 1.93. The lowest BCUT2D eigenvalue weighted by Gasteiger charge is -2.17. The number of hydrogen-bond donors (Lipinski definition) is 0. The number of halogens is 2. The highest BCUT2D eigenvalue weighted by Crippen LogP contribution is 2.30. The van der Waals surface area contributed by atoms with E-state index in [1.54, 1.807) is 6.07 Å². The lowest BCUT2D eigenvalue weighted by Crippen LogP contribution is -2.09. The van der Waals surface area contributed by atoms with Crippen LogP contribution in [0.1, 0.15) is 12.0 Å². The number of fused-ring (bicyclic) bond motifs is 1. The maximum absolute atomic E-state index is 13.3. The molecule has 0 aromatic heterocycles. The summed E-state index contributed by atoms with van der Waals surface area (Å²) in [6, 6.07) is 3.25. The third-order valence-corrected chi connectivity index (χ3v) is 2.27. The zero-order valence-electron chi connectivity index (χ0n) is 6.44. The quantitative estimate of drug-likeness (QED) is 0.606. The minimum absolute atomic E-state index is 0.180. The van der Waals surface area contributed by atoms with Crippen molar-refractivity contribution in [2.75, 3.05) is 6.61 Å². The van der Waals surface area contributed by atoms with Gasteiger partial charge in [0.1, 0.15) is 11.6 Å². The van der Waals surface area contributed by atoms with E-state index in [-0.39, 0.29) is 10.8 Å². The van der Waals surface area contributed by atoms with Crippen LogP contribution >= 0.6 is 11.6 Å². The van der Waals surface area contributed by atoms with Gasteiger partial charge in [0.2, 0.25) is 0 Å². The molecule has 0 fully saturated rings. The fraction of sp³-hybridized carbons (Fsp3) is 0.333. The molecule has 0 saturated heterocycles. The van der Waals surface area contributed by atoms with Gasteiger partial charge in [0.15, 0.2) is 0 Å². The topological polar surface area (TPSA) is 9.23 Å². The van der Waals surface area contributed by atoms with Crippen molar-refractivity contribution in [3.05, 3.63) is 28.5 Å². The molecular formula is C9H8ClFO. The second-order valence-electron chi connectivity index (χ2n) is 2.79. The summed E-state index contributed by atoms with van der Waals surface area (Å²) in [4.78, 5) is 0. The van der Waals surface area contributed by atoms with Crippen molar-refractivity contribution < 1.29 is 9.13 Å². The van der Waals surface area contributed by atoms with Crippen LogP contribution in [0.25, 0.3) is 0 Å². The first kappa shape index (κ1) is 7.87. The maximum Gasteiger partial charge on any atom is 0.148 e. The predicted molar refractivity (Wildman–Crippen MR) is 45.2 cm³/mol. The van der Waals surface area contributed by atoms with Crippen LogP contribution in [0.3, 0.4) is 0 Å². The molecule has 1 aliphatic rings. The summed E-state index contributed by atoms with van der Waals surface area (Å²) >= 11 is 5.62. The SMILES string of the molecule is Fc1c(Cl)ccc2c1CCCO2. The number of rotatable bonds is 0. The van der Waals surface area contributed by atoms with Gasteiger partial charge in [-0.15, -0.1) is 0 Å². The highest BCUT2D eigenvalue weighted by molar-refractivity contribution is 6.30. The van der Waals surface area contributed by atoms with Gasteiger partial charge in [-0.25, -0.2) is 4.39 Å². The summed E-state index contributed by atoms with van der Waals surface area (Å²) in [7, 11) is 0. The fourth-order valence-corrected chi connectivity index (χ4v) is 1.55. The molecule has 64 valence electrons. The molecule has 0 aliphatic carbocycles. The van der Waals surface area contributed by atoms with Gasteiger partial charge in [-0.3, -0.25) is 0 Å². The van der Waals surface area contributed by atoms with Gasteiger partial charge < -0.3 is 4.74 Å². The lowest BCUT2D eigenvalue weighted by molar-refractivity contribution is 0.284. The molecule has 0 saturated carbocycles. The van der Waals surface area contributed by atoms with Gasteiger partial charge >= 0.3 is 0 Å². The molecule has 0 bridgehead atoms. The zero-order chi connectivity index (χ0) is 8.55. The first-order chi connectivity index (χ1) is 5.79. The van der Waals surface area contributed by atoms with E-state index >= 15 is 0 Å². The molecule has 1 heterocycles. The monoisotopic (exact) mass is 186 g/mol. The number of ether oxygens (including phenoxy) is 1. The van der Waals surface area contributed by atoms with E-state index in [1.807, 2.05) is 0 Å². The third-order valence-electron chi connectivity index (χ3n) is 1.98. The molecule has 12 heavy (non-hydrogen) atoms. The Labute approximate surface area is 75.1 Å². The van der Waals surface area contributed by atoms with E-state index in [9.17, 15) is 4.39 Å². The van der Waals surface area contributed by atoms with Gasteiger partial charge in [0, 0.05) is 5.56 Å². The van der Waals surface area contributed by atoms with E-state index in [4.69, 9.17) is 16.3 Å². The maximum atomic E-state index is 13.3. The zero-order valence-corrected chi connectivity index (χ0v) is 7.20. The van der Waals surface area contributed by atoms with E-state index < -0.39 is 0 Å².